The van der Waals surface area contributed by atoms with Crippen molar-refractivity contribution in [2.45, 2.75) is 26.7 Å². The summed E-state index contributed by atoms with van der Waals surface area (Å²) in [5.74, 6) is 0.485. The van der Waals surface area contributed by atoms with Crippen LogP contribution in [0.3, 0.4) is 0 Å². The predicted molar refractivity (Wildman–Crippen MR) is 58.6 cm³/mol. The highest BCUT2D eigenvalue weighted by molar-refractivity contribution is 5.52. The van der Waals surface area contributed by atoms with Gasteiger partial charge in [0, 0.05) is 12.7 Å². The Kier molecular flexibility index (Phi) is 3.89. The Morgan fingerprint density at radius 3 is 2.71 bits per heavy atom. The van der Waals surface area contributed by atoms with Crippen LogP contribution in [-0.2, 0) is 0 Å². The Bertz CT molecular complexity index is 297. The Hall–Kier alpha value is -1.09. The molecule has 3 heteroatoms. The number of aliphatic hydroxyl groups is 1. The fraction of sp³-hybridized carbons (Fsp3) is 0.545. The van der Waals surface area contributed by atoms with Crippen LogP contribution in [0.15, 0.2) is 12.4 Å². The van der Waals surface area contributed by atoms with Gasteiger partial charge in [-0.25, -0.2) is 0 Å². The van der Waals surface area contributed by atoms with Gasteiger partial charge in [-0.3, -0.25) is 4.98 Å². The van der Waals surface area contributed by atoms with Crippen LogP contribution in [0.25, 0.3) is 0 Å². The molecule has 0 atom stereocenters. The third kappa shape index (κ3) is 2.45. The van der Waals surface area contributed by atoms with Gasteiger partial charge in [-0.2, -0.15) is 0 Å². The van der Waals surface area contributed by atoms with Crippen LogP contribution in [0.2, 0.25) is 0 Å². The number of nitrogens with one attached hydrogen (secondary N) is 1. The molecule has 0 fully saturated rings. The van der Waals surface area contributed by atoms with E-state index in [2.05, 4.69) is 31.1 Å². The van der Waals surface area contributed by atoms with Crippen LogP contribution in [0, 0.1) is 6.92 Å². The molecule has 2 N–H and O–H groups in total. The number of aromatic nitrogens is 1. The van der Waals surface area contributed by atoms with Crippen molar-refractivity contribution < 1.29 is 5.11 Å². The zero-order chi connectivity index (χ0) is 10.6. The van der Waals surface area contributed by atoms with Crippen molar-refractivity contribution in [2.75, 3.05) is 18.5 Å². The number of rotatable bonds is 4. The summed E-state index contributed by atoms with van der Waals surface area (Å²) in [4.78, 5) is 4.18. The highest BCUT2D eigenvalue weighted by Crippen LogP contribution is 2.23. The molecular weight excluding hydrogens is 176 g/mol. The molecule has 0 spiro atoms. The normalized spacial score (nSPS) is 10.6. The number of nitrogens with zero attached hydrogens (tertiary/aromatic N) is 1. The summed E-state index contributed by atoms with van der Waals surface area (Å²) < 4.78 is 0. The topological polar surface area (TPSA) is 45.1 Å². The van der Waals surface area contributed by atoms with Crippen molar-refractivity contribution in [1.82, 2.24) is 4.98 Å². The minimum absolute atomic E-state index is 0.144. The van der Waals surface area contributed by atoms with Gasteiger partial charge in [0.1, 0.15) is 0 Å². The number of aliphatic hydroxyl groups excluding tert-OH is 1. The second-order valence-corrected chi connectivity index (χ2v) is 3.71. The summed E-state index contributed by atoms with van der Waals surface area (Å²) in [7, 11) is 0. The van der Waals surface area contributed by atoms with E-state index in [0.29, 0.717) is 12.5 Å². The van der Waals surface area contributed by atoms with Gasteiger partial charge < -0.3 is 10.4 Å². The molecule has 1 aromatic rings. The van der Waals surface area contributed by atoms with Gasteiger partial charge in [-0.15, -0.1) is 0 Å². The Morgan fingerprint density at radius 2 is 2.14 bits per heavy atom. The molecule has 0 radical (unpaired) electrons. The Morgan fingerprint density at radius 1 is 1.43 bits per heavy atom. The van der Waals surface area contributed by atoms with E-state index in [1.807, 2.05) is 6.20 Å². The van der Waals surface area contributed by atoms with Crippen molar-refractivity contribution >= 4 is 5.69 Å². The van der Waals surface area contributed by atoms with Gasteiger partial charge in [0.15, 0.2) is 0 Å². The summed E-state index contributed by atoms with van der Waals surface area (Å²) >= 11 is 0. The summed E-state index contributed by atoms with van der Waals surface area (Å²) in [5, 5.41) is 11.9. The van der Waals surface area contributed by atoms with Crippen molar-refractivity contribution in [3.63, 3.8) is 0 Å². The highest BCUT2D eigenvalue weighted by Gasteiger charge is 2.07. The van der Waals surface area contributed by atoms with Gasteiger partial charge >= 0.3 is 0 Å². The monoisotopic (exact) mass is 194 g/mol. The van der Waals surface area contributed by atoms with Crippen molar-refractivity contribution in [1.29, 1.82) is 0 Å². The van der Waals surface area contributed by atoms with E-state index < -0.39 is 0 Å². The minimum Gasteiger partial charge on any atom is -0.395 e. The van der Waals surface area contributed by atoms with E-state index in [9.17, 15) is 0 Å². The zero-order valence-electron chi connectivity index (χ0n) is 9.04. The first-order valence-corrected chi connectivity index (χ1v) is 4.96. The molecule has 0 aliphatic heterocycles. The van der Waals surface area contributed by atoms with Crippen LogP contribution < -0.4 is 5.32 Å². The molecular formula is C11H18N2O. The number of hydrogen-bond acceptors (Lipinski definition) is 3. The lowest BCUT2D eigenvalue weighted by Crippen LogP contribution is -2.08. The lowest BCUT2D eigenvalue weighted by atomic mass is 9.99. The molecule has 1 heterocycles. The molecule has 0 saturated heterocycles. The van der Waals surface area contributed by atoms with Crippen LogP contribution in [0.1, 0.15) is 30.9 Å². The van der Waals surface area contributed by atoms with E-state index >= 15 is 0 Å². The molecule has 0 aliphatic rings. The maximum atomic E-state index is 8.71. The largest absolute Gasteiger partial charge is 0.395 e. The SMILES string of the molecule is Cc1c(NCCO)cncc1C(C)C. The molecule has 1 rings (SSSR count). The Balaban J connectivity index is 2.89. The second kappa shape index (κ2) is 4.96. The predicted octanol–water partition coefficient (Wildman–Crippen LogP) is 1.92. The van der Waals surface area contributed by atoms with E-state index in [-0.39, 0.29) is 6.61 Å². The second-order valence-electron chi connectivity index (χ2n) is 3.71. The van der Waals surface area contributed by atoms with Gasteiger partial charge in [-0.1, -0.05) is 13.8 Å². The smallest absolute Gasteiger partial charge is 0.0604 e. The fourth-order valence-corrected chi connectivity index (χ4v) is 1.49. The van der Waals surface area contributed by atoms with Gasteiger partial charge in [0.05, 0.1) is 18.5 Å². The third-order valence-electron chi connectivity index (χ3n) is 2.30. The standard InChI is InChI=1S/C11H18N2O/c1-8(2)10-6-12-7-11(9(10)3)13-4-5-14/h6-8,13-14H,4-5H2,1-3H3. The van der Waals surface area contributed by atoms with Gasteiger partial charge in [0.25, 0.3) is 0 Å². The molecule has 0 bridgehead atoms. The molecule has 14 heavy (non-hydrogen) atoms. The highest BCUT2D eigenvalue weighted by atomic mass is 16.3. The van der Waals surface area contributed by atoms with Crippen molar-refractivity contribution in [3.8, 4) is 0 Å². The minimum atomic E-state index is 0.144. The van der Waals surface area contributed by atoms with Crippen LogP contribution in [-0.4, -0.2) is 23.2 Å². The zero-order valence-corrected chi connectivity index (χ0v) is 9.04. The summed E-state index contributed by atoms with van der Waals surface area (Å²) in [6.45, 7) is 7.10. The maximum absolute atomic E-state index is 8.71. The van der Waals surface area contributed by atoms with Crippen LogP contribution in [0.5, 0.6) is 0 Å². The summed E-state index contributed by atoms with van der Waals surface area (Å²) in [6.07, 6.45) is 3.71. The molecule has 78 valence electrons. The van der Waals surface area contributed by atoms with Crippen molar-refractivity contribution in [3.05, 3.63) is 23.5 Å². The molecule has 0 saturated carbocycles. The lowest BCUT2D eigenvalue weighted by Gasteiger charge is -2.13. The third-order valence-corrected chi connectivity index (χ3v) is 2.30. The number of anilines is 1. The molecule has 0 aromatic carbocycles. The first-order chi connectivity index (χ1) is 6.66. The lowest BCUT2D eigenvalue weighted by molar-refractivity contribution is 0.311. The van der Waals surface area contributed by atoms with E-state index in [1.165, 1.54) is 11.1 Å². The van der Waals surface area contributed by atoms with Crippen LogP contribution in [0.4, 0.5) is 5.69 Å². The fourth-order valence-electron chi connectivity index (χ4n) is 1.49. The van der Waals surface area contributed by atoms with Gasteiger partial charge in [0.2, 0.25) is 0 Å². The molecule has 0 amide bonds. The van der Waals surface area contributed by atoms with E-state index in [4.69, 9.17) is 5.11 Å². The van der Waals surface area contributed by atoms with Crippen LogP contribution >= 0.6 is 0 Å². The average molecular weight is 194 g/mol. The molecule has 3 nitrogen and oxygen atoms in total. The number of hydrogen-bond donors (Lipinski definition) is 2. The maximum Gasteiger partial charge on any atom is 0.0604 e. The molecule has 1 aromatic heterocycles. The van der Waals surface area contributed by atoms with Gasteiger partial charge in [-0.05, 0) is 24.0 Å². The van der Waals surface area contributed by atoms with E-state index in [0.717, 1.165) is 5.69 Å². The number of pyridine rings is 1. The first-order valence-electron chi connectivity index (χ1n) is 4.96. The summed E-state index contributed by atoms with van der Waals surface area (Å²) in [6, 6.07) is 0. The molecule has 0 aliphatic carbocycles. The quantitative estimate of drug-likeness (QED) is 0.769. The Labute approximate surface area is 85.2 Å². The van der Waals surface area contributed by atoms with Crippen molar-refractivity contribution in [2.24, 2.45) is 0 Å². The molecule has 0 unspecified atom stereocenters. The van der Waals surface area contributed by atoms with E-state index in [1.54, 1.807) is 6.20 Å². The first kappa shape index (κ1) is 11.0. The summed E-state index contributed by atoms with van der Waals surface area (Å²) in [5.41, 5.74) is 3.50. The average Bonchev–Trinajstić information content (AvgIpc) is 2.16.